The average molecular weight is 230 g/mol. The molecule has 0 unspecified atom stereocenters. The first kappa shape index (κ1) is 10.0. The lowest BCUT2D eigenvalue weighted by molar-refractivity contribution is 0.584. The Morgan fingerprint density at radius 2 is 1.87 bits per heavy atom. The molecule has 78 valence electrons. The fraction of sp³-hybridized carbons (Fsp3) is 0.111. The minimum Gasteiger partial charge on any atom is -0.262 e. The Balaban J connectivity index is 2.44. The van der Waals surface area contributed by atoms with Gasteiger partial charge in [0.05, 0.1) is 5.88 Å². The molecule has 2 aromatic rings. The largest absolute Gasteiger partial charge is 0.262 e. The number of halogens is 3. The van der Waals surface area contributed by atoms with Gasteiger partial charge >= 0.3 is 0 Å². The van der Waals surface area contributed by atoms with Crippen LogP contribution in [0, 0.1) is 11.6 Å². The van der Waals surface area contributed by atoms with Gasteiger partial charge in [-0.15, -0.1) is 11.6 Å². The van der Waals surface area contributed by atoms with E-state index in [1.165, 1.54) is 0 Å². The highest BCUT2D eigenvalue weighted by Gasteiger charge is 2.08. The lowest BCUT2D eigenvalue weighted by atomic mass is 10.2. The number of hydrogen-bond acceptors (Lipinski definition) is 2. The SMILES string of the molecule is Fc1cc(F)cc(-c2n[nH]c(CCl)n2)c1. The van der Waals surface area contributed by atoms with Crippen LogP contribution in [-0.4, -0.2) is 15.2 Å². The van der Waals surface area contributed by atoms with Crippen molar-refractivity contribution in [3.05, 3.63) is 35.7 Å². The van der Waals surface area contributed by atoms with Crippen molar-refractivity contribution in [1.82, 2.24) is 15.2 Å². The van der Waals surface area contributed by atoms with E-state index in [1.807, 2.05) is 0 Å². The molecule has 0 atom stereocenters. The third-order valence-corrected chi connectivity index (χ3v) is 2.03. The van der Waals surface area contributed by atoms with Crippen LogP contribution >= 0.6 is 11.6 Å². The van der Waals surface area contributed by atoms with Crippen LogP contribution in [0.5, 0.6) is 0 Å². The molecular formula is C9H6ClF2N3. The van der Waals surface area contributed by atoms with Gasteiger partial charge in [-0.3, -0.25) is 5.10 Å². The molecular weight excluding hydrogens is 224 g/mol. The summed E-state index contributed by atoms with van der Waals surface area (Å²) in [5.41, 5.74) is 0.278. The molecule has 15 heavy (non-hydrogen) atoms. The summed E-state index contributed by atoms with van der Waals surface area (Å²) in [6.07, 6.45) is 0. The maximum absolute atomic E-state index is 12.9. The molecule has 1 N–H and O–H groups in total. The summed E-state index contributed by atoms with van der Waals surface area (Å²) in [6, 6.07) is 3.10. The highest BCUT2D eigenvalue weighted by atomic mass is 35.5. The molecule has 0 spiro atoms. The molecule has 0 saturated heterocycles. The zero-order valence-electron chi connectivity index (χ0n) is 7.47. The first-order valence-electron chi connectivity index (χ1n) is 4.13. The quantitative estimate of drug-likeness (QED) is 0.804. The van der Waals surface area contributed by atoms with Gasteiger partial charge < -0.3 is 0 Å². The Bertz CT molecular complexity index is 464. The van der Waals surface area contributed by atoms with Crippen molar-refractivity contribution in [1.29, 1.82) is 0 Å². The van der Waals surface area contributed by atoms with Gasteiger partial charge in [0.15, 0.2) is 5.82 Å². The number of nitrogens with zero attached hydrogens (tertiary/aromatic N) is 2. The van der Waals surface area contributed by atoms with Crippen LogP contribution < -0.4 is 0 Å². The van der Waals surface area contributed by atoms with E-state index in [9.17, 15) is 8.78 Å². The molecule has 2 rings (SSSR count). The smallest absolute Gasteiger partial charge is 0.181 e. The Morgan fingerprint density at radius 3 is 2.40 bits per heavy atom. The highest BCUT2D eigenvalue weighted by Crippen LogP contribution is 2.17. The van der Waals surface area contributed by atoms with E-state index >= 15 is 0 Å². The lowest BCUT2D eigenvalue weighted by Crippen LogP contribution is -1.86. The normalized spacial score (nSPS) is 10.6. The topological polar surface area (TPSA) is 41.6 Å². The minimum absolute atomic E-state index is 0.171. The summed E-state index contributed by atoms with van der Waals surface area (Å²) in [5.74, 6) is -0.477. The second-order valence-electron chi connectivity index (χ2n) is 2.90. The third kappa shape index (κ3) is 2.12. The number of nitrogens with one attached hydrogen (secondary N) is 1. The zero-order valence-corrected chi connectivity index (χ0v) is 8.22. The predicted octanol–water partition coefficient (Wildman–Crippen LogP) is 2.49. The molecule has 1 aromatic carbocycles. The maximum Gasteiger partial charge on any atom is 0.181 e. The molecule has 0 fully saturated rings. The molecule has 1 heterocycles. The van der Waals surface area contributed by atoms with Crippen LogP contribution in [0.4, 0.5) is 8.78 Å². The van der Waals surface area contributed by atoms with Crippen molar-refractivity contribution in [2.45, 2.75) is 5.88 Å². The standard InChI is InChI=1S/C9H6ClF2N3/c10-4-8-13-9(15-14-8)5-1-6(11)3-7(12)2-5/h1-3H,4H2,(H,13,14,15). The third-order valence-electron chi connectivity index (χ3n) is 1.78. The van der Waals surface area contributed by atoms with Crippen molar-refractivity contribution >= 4 is 11.6 Å². The van der Waals surface area contributed by atoms with Crippen molar-refractivity contribution in [3.8, 4) is 11.4 Å². The fourth-order valence-electron chi connectivity index (χ4n) is 1.17. The van der Waals surface area contributed by atoms with Gasteiger partial charge in [0.25, 0.3) is 0 Å². The number of alkyl halides is 1. The van der Waals surface area contributed by atoms with E-state index in [1.54, 1.807) is 0 Å². The second kappa shape index (κ2) is 3.94. The fourth-order valence-corrected chi connectivity index (χ4v) is 1.29. The van der Waals surface area contributed by atoms with E-state index in [2.05, 4.69) is 15.2 Å². The summed E-state index contributed by atoms with van der Waals surface area (Å²) in [6.45, 7) is 0. The summed E-state index contributed by atoms with van der Waals surface area (Å²) in [4.78, 5) is 3.95. The molecule has 0 radical (unpaired) electrons. The van der Waals surface area contributed by atoms with Gasteiger partial charge in [-0.2, -0.15) is 5.10 Å². The summed E-state index contributed by atoms with van der Waals surface area (Å²) in [5, 5.41) is 6.34. The maximum atomic E-state index is 12.9. The molecule has 3 nitrogen and oxygen atoms in total. The Morgan fingerprint density at radius 1 is 1.20 bits per heavy atom. The second-order valence-corrected chi connectivity index (χ2v) is 3.16. The number of aromatic amines is 1. The predicted molar refractivity (Wildman–Crippen MR) is 51.3 cm³/mol. The van der Waals surface area contributed by atoms with Crippen molar-refractivity contribution in [2.24, 2.45) is 0 Å². The summed E-state index contributed by atoms with van der Waals surface area (Å²) >= 11 is 5.51. The number of H-pyrrole nitrogens is 1. The van der Waals surface area contributed by atoms with Gasteiger partial charge in [-0.1, -0.05) is 0 Å². The monoisotopic (exact) mass is 229 g/mol. The van der Waals surface area contributed by atoms with Crippen LogP contribution in [0.2, 0.25) is 0 Å². The highest BCUT2D eigenvalue weighted by molar-refractivity contribution is 6.16. The van der Waals surface area contributed by atoms with E-state index in [4.69, 9.17) is 11.6 Å². The molecule has 6 heteroatoms. The molecule has 1 aromatic heterocycles. The van der Waals surface area contributed by atoms with Crippen LogP contribution in [0.3, 0.4) is 0 Å². The molecule has 0 aliphatic heterocycles. The Labute approximate surface area is 89.1 Å². The summed E-state index contributed by atoms with van der Waals surface area (Å²) in [7, 11) is 0. The molecule has 0 saturated carbocycles. The van der Waals surface area contributed by atoms with Crippen LogP contribution in [0.1, 0.15) is 5.82 Å². The number of hydrogen-bond donors (Lipinski definition) is 1. The van der Waals surface area contributed by atoms with Crippen molar-refractivity contribution in [2.75, 3.05) is 0 Å². The van der Waals surface area contributed by atoms with E-state index in [0.717, 1.165) is 18.2 Å². The van der Waals surface area contributed by atoms with E-state index in [-0.39, 0.29) is 17.3 Å². The van der Waals surface area contributed by atoms with Crippen LogP contribution in [0.25, 0.3) is 11.4 Å². The molecule has 0 aliphatic rings. The molecule has 0 amide bonds. The van der Waals surface area contributed by atoms with Gasteiger partial charge in [-0.05, 0) is 12.1 Å². The first-order valence-corrected chi connectivity index (χ1v) is 4.66. The zero-order chi connectivity index (χ0) is 10.8. The lowest BCUT2D eigenvalue weighted by Gasteiger charge is -1.95. The van der Waals surface area contributed by atoms with E-state index < -0.39 is 11.6 Å². The van der Waals surface area contributed by atoms with Crippen LogP contribution in [0.15, 0.2) is 18.2 Å². The van der Waals surface area contributed by atoms with Crippen molar-refractivity contribution < 1.29 is 8.78 Å². The van der Waals surface area contributed by atoms with Gasteiger partial charge in [0.2, 0.25) is 0 Å². The van der Waals surface area contributed by atoms with Crippen LogP contribution in [-0.2, 0) is 5.88 Å². The molecule has 0 aliphatic carbocycles. The summed E-state index contributed by atoms with van der Waals surface area (Å²) < 4.78 is 25.7. The first-order chi connectivity index (χ1) is 7.19. The average Bonchev–Trinajstić information content (AvgIpc) is 2.64. The van der Waals surface area contributed by atoms with Crippen molar-refractivity contribution in [3.63, 3.8) is 0 Å². The van der Waals surface area contributed by atoms with E-state index in [0.29, 0.717) is 5.82 Å². The van der Waals surface area contributed by atoms with Gasteiger partial charge in [0, 0.05) is 11.6 Å². The molecule has 0 bridgehead atoms. The number of aromatic nitrogens is 3. The Kier molecular flexibility index (Phi) is 2.64. The Hall–Kier alpha value is -1.49. The van der Waals surface area contributed by atoms with Gasteiger partial charge in [-0.25, -0.2) is 13.8 Å². The number of rotatable bonds is 2. The minimum atomic E-state index is -0.665. The van der Waals surface area contributed by atoms with Gasteiger partial charge in [0.1, 0.15) is 17.5 Å². The number of benzene rings is 1.